The van der Waals surface area contributed by atoms with Crippen LogP contribution in [0.25, 0.3) is 0 Å². The van der Waals surface area contributed by atoms with E-state index in [4.69, 9.17) is 4.74 Å². The normalized spacial score (nSPS) is 11.3. The lowest BCUT2D eigenvalue weighted by Crippen LogP contribution is -2.20. The van der Waals surface area contributed by atoms with Crippen LogP contribution in [0.15, 0.2) is 24.3 Å². The van der Waals surface area contributed by atoms with Crippen LogP contribution in [0.1, 0.15) is 46.1 Å². The van der Waals surface area contributed by atoms with Crippen LogP contribution in [-0.4, -0.2) is 19.2 Å². The zero-order chi connectivity index (χ0) is 14.1. The molecule has 19 heavy (non-hydrogen) atoms. The molecule has 1 rings (SSSR count). The van der Waals surface area contributed by atoms with Crippen molar-refractivity contribution in [3.63, 3.8) is 0 Å². The van der Waals surface area contributed by atoms with Crippen molar-refractivity contribution in [2.45, 2.75) is 53.1 Å². The number of benzene rings is 1. The van der Waals surface area contributed by atoms with Crippen molar-refractivity contribution in [3.05, 3.63) is 29.8 Å². The maximum absolute atomic E-state index is 5.71. The Morgan fingerprint density at radius 2 is 1.89 bits per heavy atom. The molecule has 0 amide bonds. The molecular formula is C17H29NO. The number of unbranched alkanes of at least 4 members (excludes halogenated alkanes) is 1. The van der Waals surface area contributed by atoms with Gasteiger partial charge in [-0.1, -0.05) is 26.0 Å². The Morgan fingerprint density at radius 3 is 2.58 bits per heavy atom. The van der Waals surface area contributed by atoms with Gasteiger partial charge in [0.15, 0.2) is 0 Å². The van der Waals surface area contributed by atoms with Crippen LogP contribution in [0, 0.1) is 5.92 Å². The van der Waals surface area contributed by atoms with Gasteiger partial charge < -0.3 is 10.1 Å². The molecule has 0 aliphatic heterocycles. The molecule has 1 N–H and O–H groups in total. The van der Waals surface area contributed by atoms with Crippen LogP contribution in [0.2, 0.25) is 0 Å². The van der Waals surface area contributed by atoms with Gasteiger partial charge >= 0.3 is 0 Å². The first kappa shape index (κ1) is 16.0. The van der Waals surface area contributed by atoms with Crippen LogP contribution >= 0.6 is 0 Å². The van der Waals surface area contributed by atoms with E-state index in [1.165, 1.54) is 18.4 Å². The summed E-state index contributed by atoms with van der Waals surface area (Å²) in [5, 5.41) is 3.48. The summed E-state index contributed by atoms with van der Waals surface area (Å²) < 4.78 is 5.71. The van der Waals surface area contributed by atoms with Crippen molar-refractivity contribution in [2.75, 3.05) is 13.1 Å². The predicted octanol–water partition coefficient (Wildman–Crippen LogP) is 4.04. The fourth-order valence-corrected chi connectivity index (χ4v) is 2.02. The van der Waals surface area contributed by atoms with Gasteiger partial charge in [-0.25, -0.2) is 0 Å². The number of aryl methyl sites for hydroxylation is 1. The average molecular weight is 263 g/mol. The number of rotatable bonds is 9. The lowest BCUT2D eigenvalue weighted by Gasteiger charge is -2.11. The third-order valence-corrected chi connectivity index (χ3v) is 2.89. The highest BCUT2D eigenvalue weighted by Gasteiger charge is 2.00. The molecule has 0 saturated heterocycles. The first-order valence-corrected chi connectivity index (χ1v) is 7.54. The Labute approximate surface area is 118 Å². The highest BCUT2D eigenvalue weighted by molar-refractivity contribution is 5.28. The molecule has 0 heterocycles. The van der Waals surface area contributed by atoms with E-state index in [0.29, 0.717) is 0 Å². The molecule has 1 aromatic rings. The number of hydrogen-bond acceptors (Lipinski definition) is 2. The monoisotopic (exact) mass is 263 g/mol. The predicted molar refractivity (Wildman–Crippen MR) is 82.9 cm³/mol. The summed E-state index contributed by atoms with van der Waals surface area (Å²) in [4.78, 5) is 0. The minimum atomic E-state index is 0.246. The quantitative estimate of drug-likeness (QED) is 0.679. The highest BCUT2D eigenvalue weighted by Crippen LogP contribution is 2.16. The van der Waals surface area contributed by atoms with Gasteiger partial charge in [0.25, 0.3) is 0 Å². The second-order valence-corrected chi connectivity index (χ2v) is 5.87. The van der Waals surface area contributed by atoms with E-state index in [0.717, 1.165) is 31.2 Å². The van der Waals surface area contributed by atoms with Crippen molar-refractivity contribution in [1.82, 2.24) is 5.32 Å². The van der Waals surface area contributed by atoms with Crippen LogP contribution in [0.4, 0.5) is 0 Å². The summed E-state index contributed by atoms with van der Waals surface area (Å²) in [6.45, 7) is 10.9. The van der Waals surface area contributed by atoms with E-state index < -0.39 is 0 Å². The minimum Gasteiger partial charge on any atom is -0.491 e. The number of nitrogens with one attached hydrogen (secondary N) is 1. The molecule has 0 fully saturated rings. The molecule has 0 unspecified atom stereocenters. The van der Waals surface area contributed by atoms with E-state index >= 15 is 0 Å². The Kier molecular flexibility index (Phi) is 7.57. The minimum absolute atomic E-state index is 0.246. The van der Waals surface area contributed by atoms with Crippen LogP contribution in [0.5, 0.6) is 5.75 Å². The molecule has 0 bridgehead atoms. The van der Waals surface area contributed by atoms with Gasteiger partial charge in [-0.3, -0.25) is 0 Å². The zero-order valence-electron chi connectivity index (χ0n) is 12.9. The Balaban J connectivity index is 2.22. The molecule has 2 nitrogen and oxygen atoms in total. The summed E-state index contributed by atoms with van der Waals surface area (Å²) in [5.74, 6) is 1.73. The number of hydrogen-bond donors (Lipinski definition) is 1. The van der Waals surface area contributed by atoms with Crippen molar-refractivity contribution in [2.24, 2.45) is 5.92 Å². The zero-order valence-corrected chi connectivity index (χ0v) is 12.9. The van der Waals surface area contributed by atoms with Crippen molar-refractivity contribution in [3.8, 4) is 5.75 Å². The first-order chi connectivity index (χ1) is 9.08. The molecule has 0 aliphatic rings. The summed E-state index contributed by atoms with van der Waals surface area (Å²) in [6, 6.07) is 8.48. The molecule has 0 radical (unpaired) electrons. The van der Waals surface area contributed by atoms with E-state index in [1.807, 2.05) is 6.07 Å². The Hall–Kier alpha value is -1.02. The molecule has 0 saturated carbocycles. The van der Waals surface area contributed by atoms with Gasteiger partial charge in [0.1, 0.15) is 5.75 Å². The highest BCUT2D eigenvalue weighted by atomic mass is 16.5. The smallest absolute Gasteiger partial charge is 0.119 e. The first-order valence-electron chi connectivity index (χ1n) is 7.54. The van der Waals surface area contributed by atoms with Crippen molar-refractivity contribution < 1.29 is 4.74 Å². The third kappa shape index (κ3) is 7.89. The molecule has 108 valence electrons. The van der Waals surface area contributed by atoms with Gasteiger partial charge in [-0.05, 0) is 69.8 Å². The average Bonchev–Trinajstić information content (AvgIpc) is 2.33. The summed E-state index contributed by atoms with van der Waals surface area (Å²) in [6.07, 6.45) is 3.85. The second kappa shape index (κ2) is 8.98. The fourth-order valence-electron chi connectivity index (χ4n) is 2.02. The van der Waals surface area contributed by atoms with Gasteiger partial charge in [0.05, 0.1) is 6.10 Å². The number of ether oxygens (including phenoxy) is 1. The molecule has 0 spiro atoms. The van der Waals surface area contributed by atoms with Gasteiger partial charge in [-0.2, -0.15) is 0 Å². The van der Waals surface area contributed by atoms with E-state index in [9.17, 15) is 0 Å². The van der Waals surface area contributed by atoms with Gasteiger partial charge in [0.2, 0.25) is 0 Å². The third-order valence-electron chi connectivity index (χ3n) is 2.89. The van der Waals surface area contributed by atoms with Gasteiger partial charge in [0, 0.05) is 0 Å². The largest absolute Gasteiger partial charge is 0.491 e. The molecule has 1 aromatic carbocycles. The molecule has 0 atom stereocenters. The maximum atomic E-state index is 5.71. The van der Waals surface area contributed by atoms with Crippen LogP contribution in [0.3, 0.4) is 0 Å². The maximum Gasteiger partial charge on any atom is 0.119 e. The summed E-state index contributed by atoms with van der Waals surface area (Å²) in [5.41, 5.74) is 1.38. The molecule has 0 aliphatic carbocycles. The summed E-state index contributed by atoms with van der Waals surface area (Å²) in [7, 11) is 0. The second-order valence-electron chi connectivity index (χ2n) is 5.87. The van der Waals surface area contributed by atoms with E-state index in [2.05, 4.69) is 51.2 Å². The van der Waals surface area contributed by atoms with Crippen molar-refractivity contribution in [1.29, 1.82) is 0 Å². The van der Waals surface area contributed by atoms with Gasteiger partial charge in [-0.15, -0.1) is 0 Å². The lowest BCUT2D eigenvalue weighted by molar-refractivity contribution is 0.242. The molecular weight excluding hydrogens is 234 g/mol. The van der Waals surface area contributed by atoms with Crippen molar-refractivity contribution >= 4 is 0 Å². The van der Waals surface area contributed by atoms with E-state index in [1.54, 1.807) is 0 Å². The topological polar surface area (TPSA) is 21.3 Å². The molecule has 2 heteroatoms. The molecule has 0 aromatic heterocycles. The lowest BCUT2D eigenvalue weighted by atomic mass is 10.1. The Bertz CT molecular complexity index is 347. The summed E-state index contributed by atoms with van der Waals surface area (Å²) >= 11 is 0. The van der Waals surface area contributed by atoms with Crippen LogP contribution < -0.4 is 10.1 Å². The SMILES string of the molecule is CC(C)CNCCCCc1cccc(OC(C)C)c1. The standard InChI is InChI=1S/C17H29NO/c1-14(2)13-18-11-6-5-8-16-9-7-10-17(12-16)19-15(3)4/h7,9-10,12,14-15,18H,5-6,8,11,13H2,1-4H3. The Morgan fingerprint density at radius 1 is 1.11 bits per heavy atom. The van der Waals surface area contributed by atoms with E-state index in [-0.39, 0.29) is 6.10 Å². The fraction of sp³-hybridized carbons (Fsp3) is 0.647. The van der Waals surface area contributed by atoms with Crippen LogP contribution in [-0.2, 0) is 6.42 Å².